The molecule has 1 aromatic heterocycles. The highest BCUT2D eigenvalue weighted by atomic mass is 16.5. The summed E-state index contributed by atoms with van der Waals surface area (Å²) in [6.07, 6.45) is 8.30. The molecule has 2 rings (SSSR count). The highest BCUT2D eigenvalue weighted by molar-refractivity contribution is 5.20. The Morgan fingerprint density at radius 2 is 2.05 bits per heavy atom. The standard InChI is InChI=1S/C16H27N3O/c1-4-20-15(13-8-6-5-7-9-13)16-18-10-14(11(2)17)12(3)19-16/h10-11,13,15H,4-9,17H2,1-3H3. The third-order valence-electron chi connectivity index (χ3n) is 4.21. The van der Waals surface area contributed by atoms with Gasteiger partial charge in [0.1, 0.15) is 6.10 Å². The molecule has 1 saturated carbocycles. The number of nitrogens with two attached hydrogens (primary N) is 1. The Labute approximate surface area is 122 Å². The lowest BCUT2D eigenvalue weighted by Gasteiger charge is -2.29. The van der Waals surface area contributed by atoms with Gasteiger partial charge in [-0.25, -0.2) is 9.97 Å². The quantitative estimate of drug-likeness (QED) is 0.895. The van der Waals surface area contributed by atoms with E-state index in [1.54, 1.807) is 0 Å². The molecule has 2 N–H and O–H groups in total. The highest BCUT2D eigenvalue weighted by Crippen LogP contribution is 2.35. The average molecular weight is 277 g/mol. The smallest absolute Gasteiger partial charge is 0.157 e. The van der Waals surface area contributed by atoms with E-state index < -0.39 is 0 Å². The van der Waals surface area contributed by atoms with Crippen LogP contribution in [-0.2, 0) is 4.74 Å². The van der Waals surface area contributed by atoms with E-state index >= 15 is 0 Å². The first-order valence-corrected chi connectivity index (χ1v) is 7.84. The molecular formula is C16H27N3O. The molecule has 20 heavy (non-hydrogen) atoms. The number of rotatable bonds is 5. The molecule has 0 bridgehead atoms. The molecule has 0 spiro atoms. The summed E-state index contributed by atoms with van der Waals surface area (Å²) in [5.41, 5.74) is 7.93. The van der Waals surface area contributed by atoms with Crippen LogP contribution in [0.4, 0.5) is 0 Å². The molecule has 1 aliphatic rings. The van der Waals surface area contributed by atoms with Crippen LogP contribution in [0.15, 0.2) is 6.20 Å². The van der Waals surface area contributed by atoms with Crippen molar-refractivity contribution in [3.63, 3.8) is 0 Å². The summed E-state index contributed by atoms with van der Waals surface area (Å²) in [6, 6.07) is -0.0238. The maximum atomic E-state index is 5.97. The van der Waals surface area contributed by atoms with Crippen LogP contribution >= 0.6 is 0 Å². The van der Waals surface area contributed by atoms with Crippen molar-refractivity contribution in [1.29, 1.82) is 0 Å². The number of hydrogen-bond donors (Lipinski definition) is 1. The molecule has 1 aliphatic carbocycles. The molecule has 0 amide bonds. The van der Waals surface area contributed by atoms with Gasteiger partial charge < -0.3 is 10.5 Å². The van der Waals surface area contributed by atoms with Gasteiger partial charge in [0.05, 0.1) is 0 Å². The predicted octanol–water partition coefficient (Wildman–Crippen LogP) is 3.46. The molecule has 4 nitrogen and oxygen atoms in total. The Balaban J connectivity index is 2.22. The molecule has 0 radical (unpaired) electrons. The lowest BCUT2D eigenvalue weighted by molar-refractivity contribution is -0.000333. The third-order valence-corrected chi connectivity index (χ3v) is 4.21. The van der Waals surface area contributed by atoms with E-state index in [1.807, 2.05) is 27.0 Å². The van der Waals surface area contributed by atoms with Crippen molar-refractivity contribution in [2.45, 2.75) is 65.0 Å². The maximum Gasteiger partial charge on any atom is 0.157 e. The lowest BCUT2D eigenvalue weighted by atomic mass is 9.85. The molecule has 0 saturated heterocycles. The average Bonchev–Trinajstić information content (AvgIpc) is 2.45. The van der Waals surface area contributed by atoms with E-state index in [9.17, 15) is 0 Å². The molecule has 2 atom stereocenters. The van der Waals surface area contributed by atoms with Crippen LogP contribution in [0.2, 0.25) is 0 Å². The largest absolute Gasteiger partial charge is 0.370 e. The van der Waals surface area contributed by atoms with Crippen molar-refractivity contribution in [2.24, 2.45) is 11.7 Å². The fourth-order valence-electron chi connectivity index (χ4n) is 3.12. The maximum absolute atomic E-state index is 5.97. The zero-order chi connectivity index (χ0) is 14.5. The van der Waals surface area contributed by atoms with Gasteiger partial charge in [-0.1, -0.05) is 19.3 Å². The Morgan fingerprint density at radius 3 is 2.60 bits per heavy atom. The molecule has 1 aromatic rings. The third kappa shape index (κ3) is 3.55. The first kappa shape index (κ1) is 15.4. The van der Waals surface area contributed by atoms with Crippen LogP contribution in [0.1, 0.15) is 75.2 Å². The molecule has 0 aliphatic heterocycles. The SMILES string of the molecule is CCOC(c1ncc(C(C)N)c(C)n1)C1CCCCC1. The number of aryl methyl sites for hydroxylation is 1. The highest BCUT2D eigenvalue weighted by Gasteiger charge is 2.28. The summed E-state index contributed by atoms with van der Waals surface area (Å²) in [7, 11) is 0. The van der Waals surface area contributed by atoms with E-state index in [2.05, 4.69) is 9.97 Å². The summed E-state index contributed by atoms with van der Waals surface area (Å²) < 4.78 is 5.97. The molecular weight excluding hydrogens is 250 g/mol. The number of aromatic nitrogens is 2. The zero-order valence-electron chi connectivity index (χ0n) is 12.9. The van der Waals surface area contributed by atoms with E-state index in [-0.39, 0.29) is 12.1 Å². The van der Waals surface area contributed by atoms with Gasteiger partial charge >= 0.3 is 0 Å². The van der Waals surface area contributed by atoms with Crippen molar-refractivity contribution in [2.75, 3.05) is 6.61 Å². The first-order chi connectivity index (χ1) is 9.63. The predicted molar refractivity (Wildman–Crippen MR) is 80.3 cm³/mol. The van der Waals surface area contributed by atoms with Gasteiger partial charge in [-0.15, -0.1) is 0 Å². The number of nitrogens with zero attached hydrogens (tertiary/aromatic N) is 2. The first-order valence-electron chi connectivity index (χ1n) is 7.84. The van der Waals surface area contributed by atoms with Gasteiger partial charge in [-0.05, 0) is 39.5 Å². The minimum atomic E-state index is -0.0238. The molecule has 112 valence electrons. The van der Waals surface area contributed by atoms with Crippen LogP contribution in [0.3, 0.4) is 0 Å². The van der Waals surface area contributed by atoms with Gasteiger partial charge in [0.15, 0.2) is 5.82 Å². The van der Waals surface area contributed by atoms with Crippen LogP contribution in [0.5, 0.6) is 0 Å². The normalized spacial score (nSPS) is 19.8. The summed E-state index contributed by atoms with van der Waals surface area (Å²) in [5.74, 6) is 1.39. The monoisotopic (exact) mass is 277 g/mol. The molecule has 1 fully saturated rings. The second-order valence-corrected chi connectivity index (χ2v) is 5.83. The van der Waals surface area contributed by atoms with Crippen molar-refractivity contribution < 1.29 is 4.74 Å². The van der Waals surface area contributed by atoms with Crippen LogP contribution in [0.25, 0.3) is 0 Å². The van der Waals surface area contributed by atoms with Crippen LogP contribution < -0.4 is 5.73 Å². The van der Waals surface area contributed by atoms with E-state index in [0.29, 0.717) is 12.5 Å². The van der Waals surface area contributed by atoms with Crippen LogP contribution in [0, 0.1) is 12.8 Å². The number of hydrogen-bond acceptors (Lipinski definition) is 4. The van der Waals surface area contributed by atoms with Crippen molar-refractivity contribution in [3.8, 4) is 0 Å². The van der Waals surface area contributed by atoms with Gasteiger partial charge in [0.25, 0.3) is 0 Å². The minimum absolute atomic E-state index is 0.0238. The summed E-state index contributed by atoms with van der Waals surface area (Å²) in [4.78, 5) is 9.21. The summed E-state index contributed by atoms with van der Waals surface area (Å²) >= 11 is 0. The second-order valence-electron chi connectivity index (χ2n) is 5.83. The zero-order valence-corrected chi connectivity index (χ0v) is 12.9. The Hall–Kier alpha value is -1.00. The Morgan fingerprint density at radius 1 is 1.35 bits per heavy atom. The van der Waals surface area contributed by atoms with Crippen molar-refractivity contribution >= 4 is 0 Å². The second kappa shape index (κ2) is 7.14. The Kier molecular flexibility index (Phi) is 5.49. The summed E-state index contributed by atoms with van der Waals surface area (Å²) in [6.45, 7) is 6.72. The number of ether oxygens (including phenoxy) is 1. The van der Waals surface area contributed by atoms with Crippen LogP contribution in [-0.4, -0.2) is 16.6 Å². The van der Waals surface area contributed by atoms with Gasteiger partial charge in [0, 0.05) is 30.1 Å². The lowest BCUT2D eigenvalue weighted by Crippen LogP contribution is -2.22. The Bertz CT molecular complexity index is 428. The molecule has 0 aromatic carbocycles. The summed E-state index contributed by atoms with van der Waals surface area (Å²) in [5, 5.41) is 0. The van der Waals surface area contributed by atoms with Crippen molar-refractivity contribution in [1.82, 2.24) is 9.97 Å². The minimum Gasteiger partial charge on any atom is -0.370 e. The van der Waals surface area contributed by atoms with Crippen molar-refractivity contribution in [3.05, 3.63) is 23.3 Å². The molecule has 2 unspecified atom stereocenters. The van der Waals surface area contributed by atoms with E-state index in [1.165, 1.54) is 32.1 Å². The van der Waals surface area contributed by atoms with E-state index in [4.69, 9.17) is 10.5 Å². The van der Waals surface area contributed by atoms with Gasteiger partial charge in [0.2, 0.25) is 0 Å². The fourth-order valence-corrected chi connectivity index (χ4v) is 3.12. The molecule has 4 heteroatoms. The van der Waals surface area contributed by atoms with Gasteiger partial charge in [-0.3, -0.25) is 0 Å². The fraction of sp³-hybridized carbons (Fsp3) is 0.750. The van der Waals surface area contributed by atoms with Gasteiger partial charge in [-0.2, -0.15) is 0 Å². The molecule has 1 heterocycles. The topological polar surface area (TPSA) is 61.0 Å². The van der Waals surface area contributed by atoms with E-state index in [0.717, 1.165) is 17.1 Å².